The maximum Gasteiger partial charge on any atom is 0.261 e. The van der Waals surface area contributed by atoms with Crippen LogP contribution in [0.1, 0.15) is 66.8 Å². The molecule has 6 heteroatoms. The van der Waals surface area contributed by atoms with E-state index in [-0.39, 0.29) is 11.8 Å². The topological polar surface area (TPSA) is 76.4 Å². The average molecular weight is 383 g/mol. The van der Waals surface area contributed by atoms with E-state index in [1.165, 1.54) is 12.6 Å². The molecule has 2 fully saturated rings. The summed E-state index contributed by atoms with van der Waals surface area (Å²) in [6, 6.07) is 7.80. The Bertz CT molecular complexity index is 739. The van der Waals surface area contributed by atoms with Crippen molar-refractivity contribution in [3.8, 4) is 6.19 Å². The third-order valence-electron chi connectivity index (χ3n) is 6.29. The number of likely N-dealkylation sites (tertiary alicyclic amines) is 1. The number of hydrogen-bond acceptors (Lipinski definition) is 4. The van der Waals surface area contributed by atoms with Crippen LogP contribution in [0.4, 0.5) is 0 Å². The van der Waals surface area contributed by atoms with Crippen LogP contribution in [0.2, 0.25) is 0 Å². The Labute approximate surface area is 167 Å². The predicted octanol–water partition coefficient (Wildman–Crippen LogP) is 2.87. The number of carbonyl (C=O) groups is 2. The smallest absolute Gasteiger partial charge is 0.261 e. The van der Waals surface area contributed by atoms with E-state index in [1.54, 1.807) is 0 Å². The molecule has 2 amide bonds. The Hall–Kier alpha value is -2.39. The lowest BCUT2D eigenvalue weighted by atomic mass is 9.80. The molecule has 0 spiro atoms. The van der Waals surface area contributed by atoms with Crippen molar-refractivity contribution in [3.05, 3.63) is 35.4 Å². The molecule has 1 aliphatic carbocycles. The number of nitrogens with one attached hydrogen (secondary N) is 1. The number of benzene rings is 1. The third kappa shape index (κ3) is 4.36. The van der Waals surface area contributed by atoms with Gasteiger partial charge in [-0.2, -0.15) is 5.26 Å². The number of piperidine rings is 1. The molecular weight excluding hydrogens is 352 g/mol. The zero-order valence-corrected chi connectivity index (χ0v) is 16.9. The Morgan fingerprint density at radius 3 is 2.32 bits per heavy atom. The summed E-state index contributed by atoms with van der Waals surface area (Å²) >= 11 is 0. The van der Waals surface area contributed by atoms with Gasteiger partial charge in [-0.25, -0.2) is 0 Å². The van der Waals surface area contributed by atoms with E-state index in [2.05, 4.69) is 17.3 Å². The van der Waals surface area contributed by atoms with E-state index in [0.29, 0.717) is 24.3 Å². The number of nitriles is 1. The summed E-state index contributed by atoms with van der Waals surface area (Å²) in [5.41, 5.74) is 0.873. The maximum atomic E-state index is 12.9. The summed E-state index contributed by atoms with van der Waals surface area (Å²) in [5.74, 6) is -0.00799. The molecule has 1 aromatic rings. The molecule has 1 aromatic carbocycles. The third-order valence-corrected chi connectivity index (χ3v) is 6.29. The van der Waals surface area contributed by atoms with E-state index in [9.17, 15) is 9.59 Å². The van der Waals surface area contributed by atoms with Crippen molar-refractivity contribution in [1.82, 2.24) is 15.1 Å². The molecule has 6 nitrogen and oxygen atoms in total. The minimum Gasteiger partial charge on any atom is -0.338 e. The van der Waals surface area contributed by atoms with Crippen LogP contribution in [-0.2, 0) is 4.79 Å². The van der Waals surface area contributed by atoms with Crippen LogP contribution in [0, 0.1) is 11.5 Å². The number of amides is 2. The minimum absolute atomic E-state index is 0.239. The van der Waals surface area contributed by atoms with Gasteiger partial charge in [-0.3, -0.25) is 14.5 Å². The molecule has 0 aromatic heterocycles. The van der Waals surface area contributed by atoms with Crippen molar-refractivity contribution >= 4 is 11.8 Å². The van der Waals surface area contributed by atoms with Crippen molar-refractivity contribution in [3.63, 3.8) is 0 Å². The summed E-state index contributed by atoms with van der Waals surface area (Å²) in [5, 5.41) is 12.1. The Balaban J connectivity index is 1.71. The molecule has 0 atom stereocenters. The van der Waals surface area contributed by atoms with Crippen LogP contribution in [-0.4, -0.2) is 54.3 Å². The van der Waals surface area contributed by atoms with Crippen molar-refractivity contribution < 1.29 is 9.59 Å². The maximum absolute atomic E-state index is 12.9. The quantitative estimate of drug-likeness (QED) is 0.642. The van der Waals surface area contributed by atoms with Crippen molar-refractivity contribution in [2.45, 2.75) is 56.4 Å². The molecule has 150 valence electrons. The number of carbonyl (C=O) groups excluding carboxylic acids is 2. The second kappa shape index (κ2) is 8.74. The standard InChI is InChI=1S/C22H30N4O2/c1-25-14-10-18(11-15-25)17-6-8-19(9-7-17)20(27)24-22(12-4-3-5-13-22)21(28)26(2)16-23/h6-9,18H,3-5,10-15H2,1-2H3,(H,24,27). The largest absolute Gasteiger partial charge is 0.338 e. The van der Waals surface area contributed by atoms with Gasteiger partial charge in [0.25, 0.3) is 11.8 Å². The van der Waals surface area contributed by atoms with E-state index in [1.807, 2.05) is 30.5 Å². The number of nitrogens with zero attached hydrogens (tertiary/aromatic N) is 3. The molecule has 28 heavy (non-hydrogen) atoms. The summed E-state index contributed by atoms with van der Waals surface area (Å²) in [6.45, 7) is 2.20. The van der Waals surface area contributed by atoms with E-state index < -0.39 is 5.54 Å². The van der Waals surface area contributed by atoms with Crippen molar-refractivity contribution in [2.75, 3.05) is 27.2 Å². The van der Waals surface area contributed by atoms with E-state index in [0.717, 1.165) is 50.1 Å². The molecule has 1 heterocycles. The second-order valence-electron chi connectivity index (χ2n) is 8.26. The Kier molecular flexibility index (Phi) is 6.35. The summed E-state index contributed by atoms with van der Waals surface area (Å²) in [4.78, 5) is 29.1. The van der Waals surface area contributed by atoms with Crippen LogP contribution in [0.5, 0.6) is 0 Å². The average Bonchev–Trinajstić information content (AvgIpc) is 2.74. The fourth-order valence-electron chi connectivity index (χ4n) is 4.45. The van der Waals surface area contributed by atoms with Crippen molar-refractivity contribution in [2.24, 2.45) is 0 Å². The van der Waals surface area contributed by atoms with E-state index >= 15 is 0 Å². The van der Waals surface area contributed by atoms with Gasteiger partial charge < -0.3 is 10.2 Å². The van der Waals surface area contributed by atoms with Gasteiger partial charge in [0.2, 0.25) is 0 Å². The van der Waals surface area contributed by atoms with Crippen LogP contribution in [0.3, 0.4) is 0 Å². The van der Waals surface area contributed by atoms with Gasteiger partial charge in [0.15, 0.2) is 6.19 Å². The summed E-state index contributed by atoms with van der Waals surface area (Å²) < 4.78 is 0. The van der Waals surface area contributed by atoms with Gasteiger partial charge in [-0.05, 0) is 69.4 Å². The number of likely N-dealkylation sites (N-methyl/N-ethyl adjacent to an activating group) is 1. The fraction of sp³-hybridized carbons (Fsp3) is 0.591. The van der Waals surface area contributed by atoms with Crippen LogP contribution in [0.25, 0.3) is 0 Å². The molecular formula is C22H30N4O2. The van der Waals surface area contributed by atoms with Crippen LogP contribution in [0.15, 0.2) is 24.3 Å². The summed E-state index contributed by atoms with van der Waals surface area (Å²) in [7, 11) is 3.61. The van der Waals surface area contributed by atoms with Gasteiger partial charge in [0.05, 0.1) is 0 Å². The second-order valence-corrected chi connectivity index (χ2v) is 8.26. The highest BCUT2D eigenvalue weighted by Gasteiger charge is 2.42. The lowest BCUT2D eigenvalue weighted by Gasteiger charge is -2.37. The molecule has 1 saturated carbocycles. The zero-order valence-electron chi connectivity index (χ0n) is 16.9. The van der Waals surface area contributed by atoms with E-state index in [4.69, 9.17) is 5.26 Å². The van der Waals surface area contributed by atoms with Gasteiger partial charge >= 0.3 is 0 Å². The molecule has 1 N–H and O–H groups in total. The first-order chi connectivity index (χ1) is 13.4. The molecule has 3 rings (SSSR count). The zero-order chi connectivity index (χ0) is 20.1. The molecule has 1 saturated heterocycles. The van der Waals surface area contributed by atoms with Gasteiger partial charge in [-0.15, -0.1) is 0 Å². The molecule has 2 aliphatic rings. The molecule has 0 unspecified atom stereocenters. The monoisotopic (exact) mass is 382 g/mol. The highest BCUT2D eigenvalue weighted by molar-refractivity contribution is 5.99. The highest BCUT2D eigenvalue weighted by atomic mass is 16.2. The molecule has 0 radical (unpaired) electrons. The SMILES string of the molecule is CN1CCC(c2ccc(C(=O)NC3(C(=O)N(C)C#N)CCCCC3)cc2)CC1. The van der Waals surface area contributed by atoms with Crippen molar-refractivity contribution in [1.29, 1.82) is 5.26 Å². The van der Waals surface area contributed by atoms with Gasteiger partial charge in [0, 0.05) is 12.6 Å². The number of rotatable bonds is 4. The lowest BCUT2D eigenvalue weighted by molar-refractivity contribution is -0.135. The molecule has 1 aliphatic heterocycles. The number of hydrogen-bond donors (Lipinski definition) is 1. The first kappa shape index (κ1) is 20.3. The Morgan fingerprint density at radius 1 is 1.14 bits per heavy atom. The highest BCUT2D eigenvalue weighted by Crippen LogP contribution is 2.31. The Morgan fingerprint density at radius 2 is 1.75 bits per heavy atom. The first-order valence-electron chi connectivity index (χ1n) is 10.2. The van der Waals surface area contributed by atoms with Gasteiger partial charge in [-0.1, -0.05) is 31.4 Å². The molecule has 0 bridgehead atoms. The summed E-state index contributed by atoms with van der Waals surface area (Å²) in [6.07, 6.45) is 8.11. The minimum atomic E-state index is -0.966. The van der Waals surface area contributed by atoms with Gasteiger partial charge in [0.1, 0.15) is 5.54 Å². The normalized spacial score (nSPS) is 20.2. The van der Waals surface area contributed by atoms with Crippen LogP contribution >= 0.6 is 0 Å². The lowest BCUT2D eigenvalue weighted by Crippen LogP contribution is -2.59. The first-order valence-corrected chi connectivity index (χ1v) is 10.2. The predicted molar refractivity (Wildman–Crippen MR) is 108 cm³/mol. The van der Waals surface area contributed by atoms with Crippen LogP contribution < -0.4 is 5.32 Å². The fourth-order valence-corrected chi connectivity index (χ4v) is 4.45.